The summed E-state index contributed by atoms with van der Waals surface area (Å²) in [5.41, 5.74) is 1.76. The quantitative estimate of drug-likeness (QED) is 0.574. The molecular weight excluding hydrogens is 298 g/mol. The first-order valence-corrected chi connectivity index (χ1v) is 6.78. The largest absolute Gasteiger partial charge is 1.00 e. The zero-order chi connectivity index (χ0) is 15.2. The van der Waals surface area contributed by atoms with Gasteiger partial charge in [-0.15, -0.1) is 0 Å². The van der Waals surface area contributed by atoms with Crippen molar-refractivity contribution in [1.29, 1.82) is 0 Å². The van der Waals surface area contributed by atoms with Crippen LogP contribution in [0, 0.1) is 5.82 Å². The molecule has 0 bridgehead atoms. The van der Waals surface area contributed by atoms with E-state index in [2.05, 4.69) is 10.3 Å². The number of halogens is 1. The third kappa shape index (κ3) is 5.79. The van der Waals surface area contributed by atoms with Gasteiger partial charge in [-0.05, 0) is 37.1 Å². The molecule has 0 saturated carbocycles. The van der Waals surface area contributed by atoms with E-state index in [-0.39, 0.29) is 60.5 Å². The zero-order valence-corrected chi connectivity index (χ0v) is 14.4. The molecule has 0 spiro atoms. The second-order valence-corrected chi connectivity index (χ2v) is 4.85. The van der Waals surface area contributed by atoms with Crippen LogP contribution in [0.4, 0.5) is 4.39 Å². The van der Waals surface area contributed by atoms with E-state index >= 15 is 0 Å². The maximum absolute atomic E-state index is 13.1. The maximum atomic E-state index is 13.1. The molecule has 0 radical (unpaired) electrons. The van der Waals surface area contributed by atoms with Gasteiger partial charge in [0.2, 0.25) is 5.91 Å². The third-order valence-electron chi connectivity index (χ3n) is 3.14. The fraction of sp³-hybridized carbons (Fsp3) is 0.333. The number of carboxylic acids is 1. The fourth-order valence-electron chi connectivity index (χ4n) is 2.12. The number of aromatic nitrogens is 1. The van der Waals surface area contributed by atoms with Crippen LogP contribution >= 0.6 is 0 Å². The van der Waals surface area contributed by atoms with Gasteiger partial charge in [0.15, 0.2) is 0 Å². The Kier molecular flexibility index (Phi) is 7.58. The molecule has 22 heavy (non-hydrogen) atoms. The second kappa shape index (κ2) is 8.92. The first kappa shape index (κ1) is 18.7. The monoisotopic (exact) mass is 314 g/mol. The molecule has 2 N–H and O–H groups in total. The number of carbonyl (C=O) groups is 2. The van der Waals surface area contributed by atoms with Gasteiger partial charge in [0.05, 0.1) is 0 Å². The number of amides is 1. The number of hydrogen-bond acceptors (Lipinski definition) is 3. The van der Waals surface area contributed by atoms with Crippen LogP contribution in [0.1, 0.15) is 25.0 Å². The summed E-state index contributed by atoms with van der Waals surface area (Å²) in [7, 11) is 0. The van der Waals surface area contributed by atoms with E-state index in [9.17, 15) is 19.1 Å². The van der Waals surface area contributed by atoms with Crippen LogP contribution in [0.5, 0.6) is 0 Å². The SMILES string of the molecule is O=C([O-])CCCC(=O)NCCc1cc2cc(F)ccc2[nH]1.[Na+]. The fourth-order valence-corrected chi connectivity index (χ4v) is 2.12. The molecule has 1 heterocycles. The first-order valence-electron chi connectivity index (χ1n) is 6.78. The number of aliphatic carboxylic acids is 1. The molecule has 1 amide bonds. The van der Waals surface area contributed by atoms with Crippen LogP contribution in [0.2, 0.25) is 0 Å². The normalized spacial score (nSPS) is 10.2. The van der Waals surface area contributed by atoms with Crippen molar-refractivity contribution in [2.45, 2.75) is 25.7 Å². The summed E-state index contributed by atoms with van der Waals surface area (Å²) in [4.78, 5) is 24.8. The Labute approximate surface area is 149 Å². The first-order chi connectivity index (χ1) is 10.0. The Hall–Kier alpha value is -1.37. The molecule has 0 atom stereocenters. The second-order valence-electron chi connectivity index (χ2n) is 4.85. The average Bonchev–Trinajstić information content (AvgIpc) is 2.80. The van der Waals surface area contributed by atoms with Crippen LogP contribution in [0.3, 0.4) is 0 Å². The molecule has 5 nitrogen and oxygen atoms in total. The number of rotatable bonds is 7. The van der Waals surface area contributed by atoms with Gasteiger partial charge in [-0.1, -0.05) is 0 Å². The predicted molar refractivity (Wildman–Crippen MR) is 73.8 cm³/mol. The van der Waals surface area contributed by atoms with Crippen molar-refractivity contribution in [3.8, 4) is 0 Å². The number of carbonyl (C=O) groups excluding carboxylic acids is 2. The number of hydrogen-bond donors (Lipinski definition) is 2. The number of nitrogens with one attached hydrogen (secondary N) is 2. The van der Waals surface area contributed by atoms with Gasteiger partial charge < -0.3 is 20.2 Å². The van der Waals surface area contributed by atoms with Gasteiger partial charge in [0.1, 0.15) is 5.82 Å². The molecule has 0 unspecified atom stereocenters. The van der Waals surface area contributed by atoms with E-state index in [0.29, 0.717) is 13.0 Å². The van der Waals surface area contributed by atoms with Gasteiger partial charge in [0.25, 0.3) is 0 Å². The van der Waals surface area contributed by atoms with Crippen LogP contribution in [-0.4, -0.2) is 23.4 Å². The minimum absolute atomic E-state index is 0. The van der Waals surface area contributed by atoms with E-state index in [4.69, 9.17) is 0 Å². The summed E-state index contributed by atoms with van der Waals surface area (Å²) < 4.78 is 13.1. The van der Waals surface area contributed by atoms with Crippen LogP contribution in [0.25, 0.3) is 10.9 Å². The summed E-state index contributed by atoms with van der Waals surface area (Å²) in [6, 6.07) is 6.36. The van der Waals surface area contributed by atoms with Crippen molar-refractivity contribution in [2.75, 3.05) is 6.54 Å². The molecule has 1 aromatic carbocycles. The van der Waals surface area contributed by atoms with Gasteiger partial charge in [-0.2, -0.15) is 0 Å². The Morgan fingerprint density at radius 3 is 2.73 bits per heavy atom. The van der Waals surface area contributed by atoms with Crippen LogP contribution < -0.4 is 40.0 Å². The van der Waals surface area contributed by atoms with Gasteiger partial charge >= 0.3 is 29.6 Å². The van der Waals surface area contributed by atoms with Crippen molar-refractivity contribution >= 4 is 22.8 Å². The minimum atomic E-state index is -1.15. The van der Waals surface area contributed by atoms with Crippen LogP contribution in [-0.2, 0) is 16.0 Å². The predicted octanol–water partition coefficient (Wildman–Crippen LogP) is -2.11. The molecule has 0 fully saturated rings. The van der Waals surface area contributed by atoms with Crippen molar-refractivity contribution < 1.29 is 48.6 Å². The van der Waals surface area contributed by atoms with E-state index in [1.807, 2.05) is 6.07 Å². The Balaban J connectivity index is 0.00000242. The number of benzene rings is 1. The van der Waals surface area contributed by atoms with Crippen molar-refractivity contribution in [3.05, 3.63) is 35.8 Å². The molecule has 7 heteroatoms. The van der Waals surface area contributed by atoms with Crippen LogP contribution in [0.15, 0.2) is 24.3 Å². The Bertz CT molecular complexity index is 657. The summed E-state index contributed by atoms with van der Waals surface area (Å²) in [6.45, 7) is 0.444. The number of aromatic amines is 1. The molecule has 0 aliphatic carbocycles. The van der Waals surface area contributed by atoms with E-state index < -0.39 is 5.97 Å². The third-order valence-corrected chi connectivity index (χ3v) is 3.14. The molecule has 0 aliphatic rings. The topological polar surface area (TPSA) is 85.0 Å². The zero-order valence-electron chi connectivity index (χ0n) is 12.4. The van der Waals surface area contributed by atoms with Crippen molar-refractivity contribution in [3.63, 3.8) is 0 Å². The molecule has 2 rings (SSSR count). The summed E-state index contributed by atoms with van der Waals surface area (Å²) in [5, 5.41) is 13.7. The molecule has 0 aliphatic heterocycles. The smallest absolute Gasteiger partial charge is 0.550 e. The summed E-state index contributed by atoms with van der Waals surface area (Å²) >= 11 is 0. The van der Waals surface area contributed by atoms with E-state index in [1.54, 1.807) is 6.07 Å². The van der Waals surface area contributed by atoms with Crippen molar-refractivity contribution in [2.24, 2.45) is 0 Å². The van der Waals surface area contributed by atoms with E-state index in [1.165, 1.54) is 12.1 Å². The Morgan fingerprint density at radius 2 is 2.00 bits per heavy atom. The number of H-pyrrole nitrogens is 1. The molecular formula is C15H16FN2NaO3. The molecule has 112 valence electrons. The molecule has 1 aromatic heterocycles. The van der Waals surface area contributed by atoms with E-state index in [0.717, 1.165) is 16.6 Å². The summed E-state index contributed by atoms with van der Waals surface area (Å²) in [5.74, 6) is -1.61. The number of carboxylic acid groups (broad SMARTS) is 1. The van der Waals surface area contributed by atoms with Gasteiger partial charge in [-0.3, -0.25) is 4.79 Å². The van der Waals surface area contributed by atoms with Crippen molar-refractivity contribution in [1.82, 2.24) is 10.3 Å². The molecule has 2 aromatic rings. The Morgan fingerprint density at radius 1 is 1.23 bits per heavy atom. The maximum Gasteiger partial charge on any atom is 1.00 e. The number of fused-ring (bicyclic) bond motifs is 1. The summed E-state index contributed by atoms with van der Waals surface area (Å²) in [6.07, 6.45) is 0.940. The van der Waals surface area contributed by atoms with Gasteiger partial charge in [0, 0.05) is 42.0 Å². The van der Waals surface area contributed by atoms with Gasteiger partial charge in [-0.25, -0.2) is 4.39 Å². The molecule has 0 saturated heterocycles. The average molecular weight is 314 g/mol. The standard InChI is InChI=1S/C15H17FN2O3.Na/c16-11-4-5-13-10(8-11)9-12(18-13)6-7-17-14(19)2-1-3-15(20)21;/h4-5,8-9,18H,1-3,6-7H2,(H,17,19)(H,20,21);/q;+1/p-1. The minimum Gasteiger partial charge on any atom is -0.550 e.